The van der Waals surface area contributed by atoms with E-state index >= 15 is 0 Å². The zero-order chi connectivity index (χ0) is 19.4. The molecule has 0 bridgehead atoms. The van der Waals surface area contributed by atoms with Gasteiger partial charge in [-0.15, -0.1) is 0 Å². The summed E-state index contributed by atoms with van der Waals surface area (Å²) in [6, 6.07) is 15.1. The summed E-state index contributed by atoms with van der Waals surface area (Å²) in [6.07, 6.45) is 4.51. The Hall–Kier alpha value is -3.19. The van der Waals surface area contributed by atoms with Gasteiger partial charge in [-0.1, -0.05) is 18.2 Å². The molecule has 6 nitrogen and oxygen atoms in total. The van der Waals surface area contributed by atoms with Crippen molar-refractivity contribution in [1.82, 2.24) is 4.98 Å². The van der Waals surface area contributed by atoms with Crippen molar-refractivity contribution in [2.45, 2.75) is 4.90 Å². The number of esters is 1. The highest BCUT2D eigenvalue weighted by molar-refractivity contribution is 7.90. The van der Waals surface area contributed by atoms with Gasteiger partial charge < -0.3 is 9.47 Å². The van der Waals surface area contributed by atoms with E-state index in [1.807, 2.05) is 24.3 Å². The van der Waals surface area contributed by atoms with E-state index in [-0.39, 0.29) is 16.2 Å². The first-order chi connectivity index (χ1) is 12.9. The highest BCUT2D eigenvalue weighted by Crippen LogP contribution is 2.31. The summed E-state index contributed by atoms with van der Waals surface area (Å²) in [6.45, 7) is 0. The molecule has 0 saturated heterocycles. The zero-order valence-electron chi connectivity index (χ0n) is 14.7. The summed E-state index contributed by atoms with van der Waals surface area (Å²) in [5, 5.41) is 0. The van der Waals surface area contributed by atoms with E-state index in [9.17, 15) is 13.2 Å². The molecule has 138 valence electrons. The number of carbonyl (C=O) groups is 1. The first kappa shape index (κ1) is 18.6. The second-order valence-corrected chi connectivity index (χ2v) is 7.78. The monoisotopic (exact) mass is 383 g/mol. The molecule has 3 aromatic rings. The number of pyridine rings is 1. The van der Waals surface area contributed by atoms with Gasteiger partial charge in [0.05, 0.1) is 12.7 Å². The quantitative estimate of drug-likeness (QED) is 0.625. The van der Waals surface area contributed by atoms with Gasteiger partial charge in [-0.05, 0) is 47.5 Å². The van der Waals surface area contributed by atoms with Crippen molar-refractivity contribution in [2.75, 3.05) is 13.4 Å². The highest BCUT2D eigenvalue weighted by Gasteiger charge is 2.19. The lowest BCUT2D eigenvalue weighted by Crippen LogP contribution is -2.06. The van der Waals surface area contributed by atoms with Gasteiger partial charge in [0.1, 0.15) is 16.4 Å². The molecule has 0 fully saturated rings. The largest absolute Gasteiger partial charge is 0.465 e. The van der Waals surface area contributed by atoms with Crippen LogP contribution < -0.4 is 4.74 Å². The van der Waals surface area contributed by atoms with Crippen LogP contribution in [0.25, 0.3) is 11.1 Å². The third kappa shape index (κ3) is 4.32. The topological polar surface area (TPSA) is 82.6 Å². The van der Waals surface area contributed by atoms with E-state index in [0.717, 1.165) is 17.4 Å². The van der Waals surface area contributed by atoms with Crippen molar-refractivity contribution >= 4 is 15.8 Å². The van der Waals surface area contributed by atoms with Crippen LogP contribution in [-0.4, -0.2) is 32.7 Å². The van der Waals surface area contributed by atoms with Crippen LogP contribution in [0, 0.1) is 0 Å². The molecule has 0 amide bonds. The lowest BCUT2D eigenvalue weighted by Gasteiger charge is -2.12. The summed E-state index contributed by atoms with van der Waals surface area (Å²) in [7, 11) is -2.38. The summed E-state index contributed by atoms with van der Waals surface area (Å²) in [4.78, 5) is 15.7. The number of nitrogens with zero attached hydrogens (tertiary/aromatic N) is 1. The Morgan fingerprint density at radius 2 is 1.74 bits per heavy atom. The minimum absolute atomic E-state index is 0.0817. The molecular formula is C20H17NO5S. The normalized spacial score (nSPS) is 11.0. The SMILES string of the molecule is COC(=O)c1ccc(Oc2ccc(-c3cccnc3)cc2)c(S(C)(=O)=O)c1. The summed E-state index contributed by atoms with van der Waals surface area (Å²) in [5.41, 5.74) is 2.06. The zero-order valence-corrected chi connectivity index (χ0v) is 15.6. The number of hydrogen-bond acceptors (Lipinski definition) is 6. The van der Waals surface area contributed by atoms with Gasteiger partial charge >= 0.3 is 5.97 Å². The van der Waals surface area contributed by atoms with Crippen LogP contribution in [0.4, 0.5) is 0 Å². The van der Waals surface area contributed by atoms with Crippen LogP contribution in [0.1, 0.15) is 10.4 Å². The molecule has 1 aromatic heterocycles. The molecule has 2 aromatic carbocycles. The van der Waals surface area contributed by atoms with Crippen molar-refractivity contribution in [1.29, 1.82) is 0 Å². The van der Waals surface area contributed by atoms with E-state index in [2.05, 4.69) is 9.72 Å². The smallest absolute Gasteiger partial charge is 0.337 e. The van der Waals surface area contributed by atoms with Gasteiger partial charge in [0.25, 0.3) is 0 Å². The van der Waals surface area contributed by atoms with Gasteiger partial charge in [-0.25, -0.2) is 13.2 Å². The molecule has 0 aliphatic carbocycles. The van der Waals surface area contributed by atoms with Crippen molar-refractivity contribution in [3.05, 3.63) is 72.6 Å². The highest BCUT2D eigenvalue weighted by atomic mass is 32.2. The van der Waals surface area contributed by atoms with Crippen LogP contribution >= 0.6 is 0 Å². The second kappa shape index (κ2) is 7.59. The molecule has 0 atom stereocenters. The minimum Gasteiger partial charge on any atom is -0.465 e. The number of hydrogen-bond donors (Lipinski definition) is 0. The average Bonchev–Trinajstić information content (AvgIpc) is 2.68. The molecule has 0 saturated carbocycles. The Morgan fingerprint density at radius 1 is 1.00 bits per heavy atom. The van der Waals surface area contributed by atoms with Crippen LogP contribution in [0.3, 0.4) is 0 Å². The van der Waals surface area contributed by atoms with Gasteiger partial charge in [-0.3, -0.25) is 4.98 Å². The van der Waals surface area contributed by atoms with E-state index in [1.165, 1.54) is 25.3 Å². The molecule has 3 rings (SSSR count). The molecule has 7 heteroatoms. The predicted molar refractivity (Wildman–Crippen MR) is 101 cm³/mol. The van der Waals surface area contributed by atoms with Crippen LogP contribution in [0.15, 0.2) is 71.9 Å². The number of sulfone groups is 1. The van der Waals surface area contributed by atoms with Gasteiger partial charge in [0.2, 0.25) is 0 Å². The van der Waals surface area contributed by atoms with Crippen LogP contribution in [-0.2, 0) is 14.6 Å². The molecule has 0 unspecified atom stereocenters. The second-order valence-electron chi connectivity index (χ2n) is 5.79. The molecule has 0 spiro atoms. The Bertz CT molecular complexity index is 1060. The number of benzene rings is 2. The van der Waals surface area contributed by atoms with Crippen molar-refractivity contribution in [3.63, 3.8) is 0 Å². The first-order valence-corrected chi connectivity index (χ1v) is 9.88. The lowest BCUT2D eigenvalue weighted by molar-refractivity contribution is 0.0600. The third-order valence-electron chi connectivity index (χ3n) is 3.84. The molecule has 1 heterocycles. The molecular weight excluding hydrogens is 366 g/mol. The fourth-order valence-electron chi connectivity index (χ4n) is 2.50. The average molecular weight is 383 g/mol. The maximum Gasteiger partial charge on any atom is 0.337 e. The summed E-state index contributed by atoms with van der Waals surface area (Å²) in [5.74, 6) is -0.00934. The van der Waals surface area contributed by atoms with E-state index < -0.39 is 15.8 Å². The summed E-state index contributed by atoms with van der Waals surface area (Å²) < 4.78 is 34.6. The Labute approximate surface area is 157 Å². The number of aromatic nitrogens is 1. The third-order valence-corrected chi connectivity index (χ3v) is 4.96. The summed E-state index contributed by atoms with van der Waals surface area (Å²) >= 11 is 0. The number of methoxy groups -OCH3 is 1. The van der Waals surface area contributed by atoms with Crippen LogP contribution in [0.2, 0.25) is 0 Å². The molecule has 0 aliphatic rings. The standard InChI is InChI=1S/C20H17NO5S/c1-25-20(22)15-7-10-18(19(12-15)27(2,23)24)26-17-8-5-14(6-9-17)16-4-3-11-21-13-16/h3-13H,1-2H3. The van der Waals surface area contributed by atoms with Crippen molar-refractivity contribution < 1.29 is 22.7 Å². The van der Waals surface area contributed by atoms with E-state index in [0.29, 0.717) is 5.75 Å². The maximum atomic E-state index is 12.1. The number of carbonyl (C=O) groups excluding carboxylic acids is 1. The molecule has 0 radical (unpaired) electrons. The van der Waals surface area contributed by atoms with Crippen molar-refractivity contribution in [2.24, 2.45) is 0 Å². The van der Waals surface area contributed by atoms with Gasteiger partial charge in [-0.2, -0.15) is 0 Å². The predicted octanol–water partition coefficient (Wildman–Crippen LogP) is 3.73. The molecule has 0 aliphatic heterocycles. The minimum atomic E-state index is -3.61. The fourth-order valence-corrected chi connectivity index (χ4v) is 3.32. The Kier molecular flexibility index (Phi) is 5.23. The van der Waals surface area contributed by atoms with Crippen LogP contribution in [0.5, 0.6) is 11.5 Å². The lowest BCUT2D eigenvalue weighted by atomic mass is 10.1. The first-order valence-electron chi connectivity index (χ1n) is 7.99. The number of ether oxygens (including phenoxy) is 2. The van der Waals surface area contributed by atoms with E-state index in [1.54, 1.807) is 24.5 Å². The van der Waals surface area contributed by atoms with E-state index in [4.69, 9.17) is 4.74 Å². The maximum absolute atomic E-state index is 12.1. The molecule has 27 heavy (non-hydrogen) atoms. The Morgan fingerprint density at radius 3 is 2.33 bits per heavy atom. The van der Waals surface area contributed by atoms with Crippen molar-refractivity contribution in [3.8, 4) is 22.6 Å². The Balaban J connectivity index is 1.92. The number of rotatable bonds is 5. The van der Waals surface area contributed by atoms with Gasteiger partial charge in [0.15, 0.2) is 9.84 Å². The molecule has 0 N–H and O–H groups in total. The van der Waals surface area contributed by atoms with Gasteiger partial charge in [0, 0.05) is 18.6 Å². The fraction of sp³-hybridized carbons (Fsp3) is 0.100.